The van der Waals surface area contributed by atoms with E-state index >= 15 is 0 Å². The Labute approximate surface area is 105 Å². The molecule has 0 unspecified atom stereocenters. The standard InChI is InChI=1S/C14H14BrN/c1-11-2-8-14(9-3-11)16-10-12-4-6-13(15)7-5-12/h2-9,16H,10H2,1H3. The van der Waals surface area contributed by atoms with E-state index in [1.54, 1.807) is 0 Å². The summed E-state index contributed by atoms with van der Waals surface area (Å²) in [4.78, 5) is 0. The van der Waals surface area contributed by atoms with Crippen molar-refractivity contribution in [3.8, 4) is 0 Å². The van der Waals surface area contributed by atoms with Gasteiger partial charge in [0.25, 0.3) is 0 Å². The molecule has 0 saturated carbocycles. The molecule has 82 valence electrons. The minimum Gasteiger partial charge on any atom is -0.381 e. The summed E-state index contributed by atoms with van der Waals surface area (Å²) in [5.74, 6) is 0. The monoisotopic (exact) mass is 275 g/mol. The molecule has 0 aliphatic heterocycles. The Morgan fingerprint density at radius 1 is 0.938 bits per heavy atom. The first-order valence-corrected chi connectivity index (χ1v) is 6.08. The molecule has 2 heteroatoms. The normalized spacial score (nSPS) is 10.1. The van der Waals surface area contributed by atoms with E-state index in [2.05, 4.69) is 76.7 Å². The topological polar surface area (TPSA) is 12.0 Å². The Morgan fingerprint density at radius 2 is 1.56 bits per heavy atom. The van der Waals surface area contributed by atoms with Crippen LogP contribution in [-0.2, 0) is 6.54 Å². The van der Waals surface area contributed by atoms with Gasteiger partial charge in [-0.05, 0) is 36.8 Å². The first-order valence-electron chi connectivity index (χ1n) is 5.29. The zero-order valence-electron chi connectivity index (χ0n) is 9.20. The van der Waals surface area contributed by atoms with Crippen LogP contribution in [0, 0.1) is 6.92 Å². The van der Waals surface area contributed by atoms with Crippen LogP contribution < -0.4 is 5.32 Å². The maximum atomic E-state index is 3.43. The summed E-state index contributed by atoms with van der Waals surface area (Å²) in [7, 11) is 0. The zero-order chi connectivity index (χ0) is 11.4. The third-order valence-electron chi connectivity index (χ3n) is 2.46. The van der Waals surface area contributed by atoms with Gasteiger partial charge in [0, 0.05) is 16.7 Å². The van der Waals surface area contributed by atoms with E-state index in [0.29, 0.717) is 0 Å². The largest absolute Gasteiger partial charge is 0.381 e. The van der Waals surface area contributed by atoms with Crippen LogP contribution in [0.4, 0.5) is 5.69 Å². The van der Waals surface area contributed by atoms with Gasteiger partial charge in [-0.2, -0.15) is 0 Å². The number of rotatable bonds is 3. The van der Waals surface area contributed by atoms with Gasteiger partial charge in [-0.3, -0.25) is 0 Å². The minimum absolute atomic E-state index is 0.857. The highest BCUT2D eigenvalue weighted by molar-refractivity contribution is 9.10. The Bertz CT molecular complexity index is 400. The average molecular weight is 276 g/mol. The molecule has 0 fully saturated rings. The molecule has 16 heavy (non-hydrogen) atoms. The highest BCUT2D eigenvalue weighted by Crippen LogP contribution is 2.13. The second-order valence-corrected chi connectivity index (χ2v) is 4.76. The summed E-state index contributed by atoms with van der Waals surface area (Å²) in [6, 6.07) is 16.8. The molecule has 2 rings (SSSR count). The van der Waals surface area contributed by atoms with Crippen molar-refractivity contribution >= 4 is 21.6 Å². The van der Waals surface area contributed by atoms with E-state index in [9.17, 15) is 0 Å². The summed E-state index contributed by atoms with van der Waals surface area (Å²) in [5, 5.41) is 3.39. The molecular formula is C14H14BrN. The van der Waals surface area contributed by atoms with Crippen molar-refractivity contribution in [1.29, 1.82) is 0 Å². The van der Waals surface area contributed by atoms with Gasteiger partial charge in [-0.25, -0.2) is 0 Å². The van der Waals surface area contributed by atoms with Crippen LogP contribution in [0.2, 0.25) is 0 Å². The van der Waals surface area contributed by atoms with Gasteiger partial charge >= 0.3 is 0 Å². The second-order valence-electron chi connectivity index (χ2n) is 3.85. The van der Waals surface area contributed by atoms with Gasteiger partial charge in [0.1, 0.15) is 0 Å². The van der Waals surface area contributed by atoms with Gasteiger partial charge in [0.15, 0.2) is 0 Å². The molecule has 2 aromatic carbocycles. The minimum atomic E-state index is 0.857. The molecule has 1 nitrogen and oxygen atoms in total. The van der Waals surface area contributed by atoms with Crippen LogP contribution in [0.25, 0.3) is 0 Å². The highest BCUT2D eigenvalue weighted by Gasteiger charge is 1.94. The summed E-state index contributed by atoms with van der Waals surface area (Å²) in [5.41, 5.74) is 3.73. The van der Waals surface area contributed by atoms with E-state index in [-0.39, 0.29) is 0 Å². The van der Waals surface area contributed by atoms with Crippen LogP contribution in [0.3, 0.4) is 0 Å². The molecule has 0 bridgehead atoms. The number of hydrogen-bond donors (Lipinski definition) is 1. The fourth-order valence-electron chi connectivity index (χ4n) is 1.48. The summed E-state index contributed by atoms with van der Waals surface area (Å²) < 4.78 is 1.12. The first-order chi connectivity index (χ1) is 7.74. The predicted octanol–water partition coefficient (Wildman–Crippen LogP) is 4.37. The predicted molar refractivity (Wildman–Crippen MR) is 72.6 cm³/mol. The van der Waals surface area contributed by atoms with Crippen molar-refractivity contribution < 1.29 is 0 Å². The number of aryl methyl sites for hydroxylation is 1. The van der Waals surface area contributed by atoms with Crippen LogP contribution in [0.1, 0.15) is 11.1 Å². The van der Waals surface area contributed by atoms with E-state index in [4.69, 9.17) is 0 Å². The van der Waals surface area contributed by atoms with Crippen molar-refractivity contribution in [3.63, 3.8) is 0 Å². The second kappa shape index (κ2) is 5.17. The lowest BCUT2D eigenvalue weighted by Crippen LogP contribution is -1.98. The van der Waals surface area contributed by atoms with Crippen molar-refractivity contribution in [2.24, 2.45) is 0 Å². The molecule has 0 radical (unpaired) electrons. The molecule has 0 aliphatic carbocycles. The lowest BCUT2D eigenvalue weighted by molar-refractivity contribution is 1.15. The molecule has 2 aromatic rings. The van der Waals surface area contributed by atoms with Gasteiger partial charge in [-0.1, -0.05) is 45.8 Å². The third-order valence-corrected chi connectivity index (χ3v) is 2.99. The molecule has 0 atom stereocenters. The van der Waals surface area contributed by atoms with E-state index in [1.807, 2.05) is 0 Å². The van der Waals surface area contributed by atoms with Gasteiger partial charge in [0.2, 0.25) is 0 Å². The van der Waals surface area contributed by atoms with E-state index in [0.717, 1.165) is 16.7 Å². The smallest absolute Gasteiger partial charge is 0.0400 e. The van der Waals surface area contributed by atoms with Crippen LogP contribution in [0.15, 0.2) is 53.0 Å². The summed E-state index contributed by atoms with van der Waals surface area (Å²) in [6.45, 7) is 2.95. The average Bonchev–Trinajstić information content (AvgIpc) is 2.30. The molecule has 0 heterocycles. The number of nitrogens with one attached hydrogen (secondary N) is 1. The van der Waals surface area contributed by atoms with Crippen molar-refractivity contribution in [1.82, 2.24) is 0 Å². The fraction of sp³-hybridized carbons (Fsp3) is 0.143. The number of halogens is 1. The molecule has 0 aliphatic rings. The molecule has 1 N–H and O–H groups in total. The Kier molecular flexibility index (Phi) is 3.62. The number of anilines is 1. The van der Waals surface area contributed by atoms with Crippen molar-refractivity contribution in [3.05, 3.63) is 64.1 Å². The number of hydrogen-bond acceptors (Lipinski definition) is 1. The van der Waals surface area contributed by atoms with Crippen LogP contribution in [-0.4, -0.2) is 0 Å². The fourth-order valence-corrected chi connectivity index (χ4v) is 1.74. The summed E-state index contributed by atoms with van der Waals surface area (Å²) >= 11 is 3.43. The lowest BCUT2D eigenvalue weighted by Gasteiger charge is -2.06. The molecule has 0 amide bonds. The SMILES string of the molecule is Cc1ccc(NCc2ccc(Br)cc2)cc1. The molecular weight excluding hydrogens is 262 g/mol. The molecule has 0 saturated heterocycles. The first kappa shape index (κ1) is 11.2. The maximum absolute atomic E-state index is 3.43. The zero-order valence-corrected chi connectivity index (χ0v) is 10.8. The van der Waals surface area contributed by atoms with Gasteiger partial charge < -0.3 is 5.32 Å². The molecule has 0 spiro atoms. The third kappa shape index (κ3) is 3.11. The number of benzene rings is 2. The Morgan fingerprint density at radius 3 is 2.19 bits per heavy atom. The Hall–Kier alpha value is -1.28. The van der Waals surface area contributed by atoms with Crippen LogP contribution >= 0.6 is 15.9 Å². The highest BCUT2D eigenvalue weighted by atomic mass is 79.9. The maximum Gasteiger partial charge on any atom is 0.0400 e. The van der Waals surface area contributed by atoms with Crippen molar-refractivity contribution in [2.45, 2.75) is 13.5 Å². The van der Waals surface area contributed by atoms with E-state index < -0.39 is 0 Å². The van der Waals surface area contributed by atoms with E-state index in [1.165, 1.54) is 11.1 Å². The van der Waals surface area contributed by atoms with Crippen LogP contribution in [0.5, 0.6) is 0 Å². The lowest BCUT2D eigenvalue weighted by atomic mass is 10.2. The quantitative estimate of drug-likeness (QED) is 0.877. The Balaban J connectivity index is 1.97. The molecule has 0 aromatic heterocycles. The van der Waals surface area contributed by atoms with Gasteiger partial charge in [-0.15, -0.1) is 0 Å². The van der Waals surface area contributed by atoms with Crippen molar-refractivity contribution in [2.75, 3.05) is 5.32 Å². The summed E-state index contributed by atoms with van der Waals surface area (Å²) in [6.07, 6.45) is 0. The van der Waals surface area contributed by atoms with Gasteiger partial charge in [0.05, 0.1) is 0 Å².